The molecule has 0 saturated carbocycles. The fourth-order valence-corrected chi connectivity index (χ4v) is 3.95. The number of methoxy groups -OCH3 is 1. The third-order valence-corrected chi connectivity index (χ3v) is 5.74. The van der Waals surface area contributed by atoms with Crippen LogP contribution in [0.25, 0.3) is 17.0 Å². The second kappa shape index (κ2) is 9.66. The monoisotopic (exact) mass is 454 g/mol. The summed E-state index contributed by atoms with van der Waals surface area (Å²) in [7, 11) is 1.63. The summed E-state index contributed by atoms with van der Waals surface area (Å²) in [5, 5.41) is 3.97. The van der Waals surface area contributed by atoms with Gasteiger partial charge in [-0.2, -0.15) is 0 Å². The van der Waals surface area contributed by atoms with E-state index in [0.29, 0.717) is 34.6 Å². The molecule has 4 aromatic rings. The Hall–Kier alpha value is -4.33. The first-order valence-electron chi connectivity index (χ1n) is 10.8. The molecule has 0 saturated heterocycles. The van der Waals surface area contributed by atoms with Gasteiger partial charge < -0.3 is 14.6 Å². The zero-order valence-corrected chi connectivity index (χ0v) is 19.4. The number of benzene rings is 1. The summed E-state index contributed by atoms with van der Waals surface area (Å²) >= 11 is 0. The maximum atomic E-state index is 13.7. The van der Waals surface area contributed by atoms with Crippen molar-refractivity contribution in [1.82, 2.24) is 19.5 Å². The van der Waals surface area contributed by atoms with Crippen LogP contribution in [0, 0.1) is 6.92 Å². The lowest BCUT2D eigenvalue weighted by molar-refractivity contribution is 0.414. The van der Waals surface area contributed by atoms with E-state index in [4.69, 9.17) is 4.74 Å². The fourth-order valence-electron chi connectivity index (χ4n) is 3.95. The van der Waals surface area contributed by atoms with Gasteiger partial charge in [0.25, 0.3) is 5.56 Å². The van der Waals surface area contributed by atoms with E-state index in [9.17, 15) is 4.79 Å². The van der Waals surface area contributed by atoms with Crippen LogP contribution < -0.4 is 15.6 Å². The largest absolute Gasteiger partial charge is 0.497 e. The Morgan fingerprint density at radius 3 is 2.65 bits per heavy atom. The maximum Gasteiger partial charge on any atom is 0.260 e. The molecule has 0 radical (unpaired) electrons. The molecule has 1 atom stereocenters. The average Bonchev–Trinajstić information content (AvgIpc) is 2.85. The highest BCUT2D eigenvalue weighted by Gasteiger charge is 2.19. The summed E-state index contributed by atoms with van der Waals surface area (Å²) in [4.78, 5) is 30.7. The van der Waals surface area contributed by atoms with Crippen molar-refractivity contribution in [3.05, 3.63) is 88.4 Å². The van der Waals surface area contributed by atoms with E-state index >= 15 is 0 Å². The molecule has 1 N–H and O–H groups in total. The fraction of sp³-hybridized carbons (Fsp3) is 0.192. The van der Waals surface area contributed by atoms with Crippen LogP contribution in [-0.2, 0) is 6.54 Å². The van der Waals surface area contributed by atoms with Crippen molar-refractivity contribution in [3.63, 3.8) is 0 Å². The van der Waals surface area contributed by atoms with E-state index in [0.717, 1.165) is 22.6 Å². The number of nitrogens with one attached hydrogen (secondary N) is 1. The molecule has 8 nitrogen and oxygen atoms in total. The first-order chi connectivity index (χ1) is 16.5. The van der Waals surface area contributed by atoms with E-state index in [1.54, 1.807) is 23.9 Å². The number of nitrogens with zero attached hydrogens (tertiary/aromatic N) is 5. The highest BCUT2D eigenvalue weighted by molar-refractivity contribution is 5.81. The third kappa shape index (κ3) is 4.30. The van der Waals surface area contributed by atoms with Crippen molar-refractivity contribution in [2.45, 2.75) is 26.4 Å². The third-order valence-electron chi connectivity index (χ3n) is 5.74. The highest BCUT2D eigenvalue weighted by atomic mass is 16.5. The minimum absolute atomic E-state index is 0.0981. The molecular weight excluding hydrogens is 428 g/mol. The van der Waals surface area contributed by atoms with Gasteiger partial charge >= 0.3 is 0 Å². The summed E-state index contributed by atoms with van der Waals surface area (Å²) in [6, 6.07) is 11.2. The standard InChI is InChI=1S/C26H26N6O2/c1-6-20-24(27-4)25(30-15-29-20)31-17(3)22-13-21-23(16(2)11-12-28-21)26(33)32(22)14-18-7-9-19(34-5)10-8-18/h6-13,15,17H,1,4,14H2,2-3,5H3,(H,29,30,31). The van der Waals surface area contributed by atoms with Gasteiger partial charge in [-0.05, 0) is 62.0 Å². The number of aryl methyl sites for hydroxylation is 1. The summed E-state index contributed by atoms with van der Waals surface area (Å²) in [5.41, 5.74) is 4.25. The van der Waals surface area contributed by atoms with Crippen molar-refractivity contribution < 1.29 is 4.74 Å². The van der Waals surface area contributed by atoms with Gasteiger partial charge in [-0.1, -0.05) is 18.7 Å². The van der Waals surface area contributed by atoms with Gasteiger partial charge in [0.2, 0.25) is 0 Å². The number of fused-ring (bicyclic) bond motifs is 1. The molecule has 3 aromatic heterocycles. The van der Waals surface area contributed by atoms with Crippen molar-refractivity contribution in [3.8, 4) is 5.75 Å². The Balaban J connectivity index is 1.83. The predicted octanol–water partition coefficient (Wildman–Crippen LogP) is 4.70. The number of rotatable bonds is 8. The van der Waals surface area contributed by atoms with Crippen LogP contribution in [0.5, 0.6) is 5.75 Å². The molecule has 0 aliphatic carbocycles. The molecule has 1 aromatic carbocycles. The Labute approximate surface area is 197 Å². The second-order valence-corrected chi connectivity index (χ2v) is 7.88. The first kappa shape index (κ1) is 22.8. The predicted molar refractivity (Wildman–Crippen MR) is 136 cm³/mol. The lowest BCUT2D eigenvalue weighted by Crippen LogP contribution is -2.28. The Bertz CT molecular complexity index is 1430. The minimum Gasteiger partial charge on any atom is -0.497 e. The van der Waals surface area contributed by atoms with Crippen molar-refractivity contribution in [2.75, 3.05) is 12.4 Å². The molecule has 0 spiro atoms. The smallest absolute Gasteiger partial charge is 0.260 e. The Morgan fingerprint density at radius 1 is 1.21 bits per heavy atom. The molecule has 0 bridgehead atoms. The van der Waals surface area contributed by atoms with Gasteiger partial charge in [0.1, 0.15) is 17.8 Å². The van der Waals surface area contributed by atoms with Crippen LogP contribution in [0.1, 0.15) is 35.5 Å². The molecule has 1 unspecified atom stereocenters. The zero-order chi connectivity index (χ0) is 24.2. The van der Waals surface area contributed by atoms with Crippen LogP contribution in [0.3, 0.4) is 0 Å². The molecule has 0 aliphatic rings. The van der Waals surface area contributed by atoms with Crippen LogP contribution in [0.15, 0.2) is 65.3 Å². The van der Waals surface area contributed by atoms with Crippen molar-refractivity contribution >= 4 is 35.2 Å². The Morgan fingerprint density at radius 2 is 1.97 bits per heavy atom. The minimum atomic E-state index is -0.300. The van der Waals surface area contributed by atoms with E-state index in [1.165, 1.54) is 6.33 Å². The topological polar surface area (TPSA) is 94.3 Å². The normalized spacial score (nSPS) is 11.7. The van der Waals surface area contributed by atoms with Crippen LogP contribution in [-0.4, -0.2) is 33.3 Å². The number of hydrogen-bond acceptors (Lipinski definition) is 7. The van der Waals surface area contributed by atoms with Gasteiger partial charge in [0.15, 0.2) is 5.82 Å². The molecule has 34 heavy (non-hydrogen) atoms. The number of aliphatic imine (C=N–C) groups is 1. The summed E-state index contributed by atoms with van der Waals surface area (Å²) in [6.45, 7) is 11.7. The lowest BCUT2D eigenvalue weighted by atomic mass is 10.1. The van der Waals surface area contributed by atoms with Crippen molar-refractivity contribution in [2.24, 2.45) is 4.99 Å². The van der Waals surface area contributed by atoms with Crippen molar-refractivity contribution in [1.29, 1.82) is 0 Å². The maximum absolute atomic E-state index is 13.7. The summed E-state index contributed by atoms with van der Waals surface area (Å²) in [5.74, 6) is 1.27. The first-order valence-corrected chi connectivity index (χ1v) is 10.8. The summed E-state index contributed by atoms with van der Waals surface area (Å²) < 4.78 is 7.04. The van der Waals surface area contributed by atoms with Crippen LogP contribution >= 0.6 is 0 Å². The lowest BCUT2D eigenvalue weighted by Gasteiger charge is -2.22. The molecule has 172 valence electrons. The quantitative estimate of drug-likeness (QED) is 0.388. The number of aromatic nitrogens is 4. The molecule has 0 fully saturated rings. The molecule has 4 rings (SSSR count). The van der Waals surface area contributed by atoms with Gasteiger partial charge in [-0.3, -0.25) is 14.8 Å². The highest BCUT2D eigenvalue weighted by Crippen LogP contribution is 2.30. The van der Waals surface area contributed by atoms with E-state index in [-0.39, 0.29) is 11.6 Å². The van der Waals surface area contributed by atoms with Crippen LogP contribution in [0.4, 0.5) is 11.5 Å². The van der Waals surface area contributed by atoms with E-state index in [1.807, 2.05) is 50.2 Å². The zero-order valence-electron chi connectivity index (χ0n) is 19.4. The number of ether oxygens (including phenoxy) is 1. The number of anilines is 1. The Kier molecular flexibility index (Phi) is 6.49. The van der Waals surface area contributed by atoms with Gasteiger partial charge in [-0.25, -0.2) is 9.97 Å². The molecular formula is C26H26N6O2. The average molecular weight is 455 g/mol. The summed E-state index contributed by atoms with van der Waals surface area (Å²) in [6.07, 6.45) is 4.76. The van der Waals surface area contributed by atoms with Crippen LogP contribution in [0.2, 0.25) is 0 Å². The number of hydrogen-bond donors (Lipinski definition) is 1. The SMILES string of the molecule is C=Cc1ncnc(NC(C)c2cc3nccc(C)c3c(=O)n2Cc2ccc(OC)cc2)c1N=C. The molecule has 3 heterocycles. The van der Waals surface area contributed by atoms with E-state index in [2.05, 4.69) is 38.6 Å². The molecule has 8 heteroatoms. The van der Waals surface area contributed by atoms with Gasteiger partial charge in [0.05, 0.1) is 36.3 Å². The van der Waals surface area contributed by atoms with Gasteiger partial charge in [0, 0.05) is 11.9 Å². The molecule has 0 aliphatic heterocycles. The van der Waals surface area contributed by atoms with Gasteiger partial charge in [-0.15, -0.1) is 0 Å². The van der Waals surface area contributed by atoms with E-state index < -0.39 is 0 Å². The number of pyridine rings is 2. The second-order valence-electron chi connectivity index (χ2n) is 7.88. The molecule has 0 amide bonds.